The van der Waals surface area contributed by atoms with Gasteiger partial charge in [-0.3, -0.25) is 0 Å². The molecule has 10 heteroatoms. The number of benzene rings is 1. The smallest absolute Gasteiger partial charge is 0.372 e. The average molecular weight is 380 g/mol. The Bertz CT molecular complexity index is 743. The van der Waals surface area contributed by atoms with Crippen LogP contribution >= 0.6 is 0 Å². The van der Waals surface area contributed by atoms with E-state index in [1.165, 1.54) is 24.3 Å². The van der Waals surface area contributed by atoms with Crippen molar-refractivity contribution in [1.29, 1.82) is 0 Å². The molecule has 0 aliphatic rings. The van der Waals surface area contributed by atoms with Crippen LogP contribution in [-0.2, 0) is 23.9 Å². The molecule has 1 aromatic carbocycles. The highest BCUT2D eigenvalue weighted by Gasteiger charge is 2.15. The lowest BCUT2D eigenvalue weighted by atomic mass is 10.1. The van der Waals surface area contributed by atoms with Crippen LogP contribution in [0.3, 0.4) is 0 Å². The van der Waals surface area contributed by atoms with Crippen LogP contribution in [0.4, 0.5) is 0 Å². The van der Waals surface area contributed by atoms with Crippen molar-refractivity contribution in [2.24, 2.45) is 0 Å². The molecule has 0 unspecified atom stereocenters. The van der Waals surface area contributed by atoms with Crippen LogP contribution in [0.15, 0.2) is 48.8 Å². The number of carbonyl (C=O) groups excluding carboxylic acids is 2. The summed E-state index contributed by atoms with van der Waals surface area (Å²) >= 11 is 0. The number of carboxylic acids is 3. The lowest BCUT2D eigenvalue weighted by molar-refractivity contribution is -0.146. The summed E-state index contributed by atoms with van der Waals surface area (Å²) in [4.78, 5) is 52.9. The molecule has 27 heavy (non-hydrogen) atoms. The third-order valence-electron chi connectivity index (χ3n) is 2.51. The summed E-state index contributed by atoms with van der Waals surface area (Å²) in [5.74, 6) is -6.67. The molecule has 0 aromatic heterocycles. The third kappa shape index (κ3) is 8.63. The van der Waals surface area contributed by atoms with E-state index in [1.54, 1.807) is 6.92 Å². The zero-order valence-corrected chi connectivity index (χ0v) is 14.1. The number of ether oxygens (including phenoxy) is 2. The second-order valence-electron chi connectivity index (χ2n) is 4.35. The first-order valence-corrected chi connectivity index (χ1v) is 7.15. The molecule has 0 amide bonds. The van der Waals surface area contributed by atoms with E-state index >= 15 is 0 Å². The van der Waals surface area contributed by atoms with E-state index in [0.29, 0.717) is 6.08 Å². The Morgan fingerprint density at radius 2 is 1.44 bits per heavy atom. The van der Waals surface area contributed by atoms with Gasteiger partial charge in [-0.15, -0.1) is 0 Å². The van der Waals surface area contributed by atoms with Gasteiger partial charge in [0, 0.05) is 6.08 Å². The third-order valence-corrected chi connectivity index (χ3v) is 2.51. The van der Waals surface area contributed by atoms with Crippen LogP contribution in [0.2, 0.25) is 0 Å². The molecule has 0 fully saturated rings. The fourth-order valence-corrected chi connectivity index (χ4v) is 1.43. The summed E-state index contributed by atoms with van der Waals surface area (Å²) in [6, 6.07) is 5.48. The maximum Gasteiger partial charge on any atom is 0.372 e. The molecule has 0 saturated carbocycles. The Labute approximate surface area is 152 Å². The molecule has 0 atom stereocenters. The summed E-state index contributed by atoms with van der Waals surface area (Å²) in [5.41, 5.74) is -0.380. The quantitative estimate of drug-likeness (QED) is 0.357. The second kappa shape index (κ2) is 11.6. The summed E-state index contributed by atoms with van der Waals surface area (Å²) < 4.78 is 8.72. The number of carbonyl (C=O) groups is 5. The molecule has 3 N–H and O–H groups in total. The number of esters is 2. The van der Waals surface area contributed by atoms with Crippen molar-refractivity contribution in [1.82, 2.24) is 0 Å². The zero-order valence-electron chi connectivity index (χ0n) is 14.1. The normalized spacial score (nSPS) is 9.89. The fraction of sp³-hybridized carbons (Fsp3) is 0.118. The van der Waals surface area contributed by atoms with Gasteiger partial charge < -0.3 is 24.8 Å². The Hall–Kier alpha value is -3.95. The number of aliphatic carboxylic acids is 1. The second-order valence-corrected chi connectivity index (χ2v) is 4.35. The number of hydrogen-bond acceptors (Lipinski definition) is 7. The van der Waals surface area contributed by atoms with Gasteiger partial charge in [0.1, 0.15) is 0 Å². The molecule has 1 aromatic rings. The first-order valence-electron chi connectivity index (χ1n) is 7.15. The Kier molecular flexibility index (Phi) is 9.88. The molecule has 0 bridgehead atoms. The van der Waals surface area contributed by atoms with Gasteiger partial charge in [-0.1, -0.05) is 18.7 Å². The molecule has 0 spiro atoms. The maximum absolute atomic E-state index is 10.8. The van der Waals surface area contributed by atoms with E-state index in [1.807, 2.05) is 0 Å². The van der Waals surface area contributed by atoms with E-state index in [-0.39, 0.29) is 17.7 Å². The van der Waals surface area contributed by atoms with Gasteiger partial charge in [0.05, 0.1) is 23.8 Å². The van der Waals surface area contributed by atoms with Crippen molar-refractivity contribution < 1.29 is 48.8 Å². The predicted octanol–water partition coefficient (Wildman–Crippen LogP) is 1.33. The Morgan fingerprint density at radius 3 is 1.78 bits per heavy atom. The summed E-state index contributed by atoms with van der Waals surface area (Å²) in [6.45, 7) is 4.73. The Balaban J connectivity index is 0.000000511. The van der Waals surface area contributed by atoms with Gasteiger partial charge in [0.25, 0.3) is 0 Å². The van der Waals surface area contributed by atoms with Gasteiger partial charge >= 0.3 is 29.8 Å². The number of carboxylic acid groups (broad SMARTS) is 3. The van der Waals surface area contributed by atoms with Crippen LogP contribution in [0.1, 0.15) is 27.6 Å². The van der Waals surface area contributed by atoms with E-state index in [2.05, 4.69) is 16.1 Å². The fourth-order valence-electron chi connectivity index (χ4n) is 1.43. The standard InChI is InChI=1S/C9H10O6.C8H6O4/c1-3-7(10)15-6(9(12)13)5-8(11)14-4-2;9-7(10)5-3-1-2-4-6(5)8(11)12/h3,5H,1,4H2,2H3,(H,12,13);1-4H,(H,9,10)(H,11,12)/b6-5+;. The van der Waals surface area contributed by atoms with Crippen molar-refractivity contribution in [2.75, 3.05) is 6.61 Å². The maximum atomic E-state index is 10.8. The highest BCUT2D eigenvalue weighted by molar-refractivity contribution is 6.01. The number of hydrogen-bond donors (Lipinski definition) is 3. The van der Waals surface area contributed by atoms with Gasteiger partial charge in [-0.05, 0) is 19.1 Å². The highest BCUT2D eigenvalue weighted by Crippen LogP contribution is 2.07. The van der Waals surface area contributed by atoms with Crippen molar-refractivity contribution >= 4 is 29.8 Å². The van der Waals surface area contributed by atoms with E-state index < -0.39 is 35.6 Å². The molecule has 10 nitrogen and oxygen atoms in total. The molecule has 0 aliphatic heterocycles. The summed E-state index contributed by atoms with van der Waals surface area (Å²) in [6.07, 6.45) is 1.36. The monoisotopic (exact) mass is 380 g/mol. The van der Waals surface area contributed by atoms with Gasteiger partial charge in [-0.25, -0.2) is 24.0 Å². The van der Waals surface area contributed by atoms with Crippen LogP contribution < -0.4 is 0 Å². The van der Waals surface area contributed by atoms with Gasteiger partial charge in [0.15, 0.2) is 0 Å². The van der Waals surface area contributed by atoms with Gasteiger partial charge in [-0.2, -0.15) is 0 Å². The zero-order chi connectivity index (χ0) is 21.0. The van der Waals surface area contributed by atoms with E-state index in [4.69, 9.17) is 15.3 Å². The molecular weight excluding hydrogens is 364 g/mol. The van der Waals surface area contributed by atoms with E-state index in [9.17, 15) is 24.0 Å². The SMILES string of the molecule is C=CC(=O)O/C(=C/C(=O)OCC)C(=O)O.O=C(O)c1ccccc1C(=O)O. The van der Waals surface area contributed by atoms with Crippen LogP contribution in [0.25, 0.3) is 0 Å². The highest BCUT2D eigenvalue weighted by atomic mass is 16.6. The average Bonchev–Trinajstić information content (AvgIpc) is 2.61. The molecular formula is C17H16O10. The summed E-state index contributed by atoms with van der Waals surface area (Å²) in [5, 5.41) is 25.6. The number of rotatable bonds is 7. The lowest BCUT2D eigenvalue weighted by Crippen LogP contribution is -2.12. The lowest BCUT2D eigenvalue weighted by Gasteiger charge is -2.01. The first kappa shape index (κ1) is 23.1. The first-order chi connectivity index (χ1) is 12.6. The van der Waals surface area contributed by atoms with Crippen molar-refractivity contribution in [3.63, 3.8) is 0 Å². The van der Waals surface area contributed by atoms with Crippen molar-refractivity contribution in [3.05, 3.63) is 59.9 Å². The minimum Gasteiger partial charge on any atom is -0.478 e. The van der Waals surface area contributed by atoms with Crippen molar-refractivity contribution in [3.8, 4) is 0 Å². The van der Waals surface area contributed by atoms with Gasteiger partial charge in [0.2, 0.25) is 5.76 Å². The molecule has 0 heterocycles. The van der Waals surface area contributed by atoms with Crippen LogP contribution in [0, 0.1) is 0 Å². The topological polar surface area (TPSA) is 165 Å². The van der Waals surface area contributed by atoms with Crippen molar-refractivity contribution in [2.45, 2.75) is 6.92 Å². The van der Waals surface area contributed by atoms with Crippen LogP contribution in [0.5, 0.6) is 0 Å². The minimum atomic E-state index is -1.54. The molecule has 1 rings (SSSR count). The predicted molar refractivity (Wildman–Crippen MR) is 89.0 cm³/mol. The summed E-state index contributed by atoms with van der Waals surface area (Å²) in [7, 11) is 0. The molecule has 0 aliphatic carbocycles. The minimum absolute atomic E-state index is 0.0949. The molecule has 0 saturated heterocycles. The molecule has 0 radical (unpaired) electrons. The number of aromatic carboxylic acids is 2. The van der Waals surface area contributed by atoms with E-state index in [0.717, 1.165) is 6.08 Å². The largest absolute Gasteiger partial charge is 0.478 e. The molecule has 144 valence electrons. The Morgan fingerprint density at radius 1 is 0.963 bits per heavy atom. The van der Waals surface area contributed by atoms with Crippen LogP contribution in [-0.4, -0.2) is 51.8 Å².